The number of amides is 1. The zero-order valence-corrected chi connectivity index (χ0v) is 14.1. The van der Waals surface area contributed by atoms with E-state index in [-0.39, 0.29) is 12.5 Å². The number of rotatable bonds is 3. The van der Waals surface area contributed by atoms with Crippen molar-refractivity contribution in [2.75, 3.05) is 18.5 Å². The molecule has 7 nitrogen and oxygen atoms in total. The summed E-state index contributed by atoms with van der Waals surface area (Å²) in [4.78, 5) is 12.4. The maximum atomic E-state index is 12.4. The van der Waals surface area contributed by atoms with Gasteiger partial charge in [-0.05, 0) is 28.1 Å². The highest BCUT2D eigenvalue weighted by molar-refractivity contribution is 9.10. The Morgan fingerprint density at radius 1 is 1.21 bits per heavy atom. The molecule has 0 aliphatic carbocycles. The van der Waals surface area contributed by atoms with Gasteiger partial charge in [0.1, 0.15) is 25.3 Å². The summed E-state index contributed by atoms with van der Waals surface area (Å²) in [7, 11) is 0. The van der Waals surface area contributed by atoms with Crippen molar-refractivity contribution in [2.24, 2.45) is 0 Å². The van der Waals surface area contributed by atoms with Gasteiger partial charge in [-0.15, -0.1) is 5.10 Å². The first-order chi connectivity index (χ1) is 11.7. The molecule has 1 aliphatic heterocycles. The quantitative estimate of drug-likeness (QED) is 0.745. The molecule has 0 saturated heterocycles. The van der Waals surface area contributed by atoms with Gasteiger partial charge in [-0.2, -0.15) is 0 Å². The Balaban J connectivity index is 1.54. The number of anilines is 1. The number of nitrogens with one attached hydrogen (secondary N) is 1. The first-order valence-electron chi connectivity index (χ1n) is 7.38. The van der Waals surface area contributed by atoms with E-state index in [1.54, 1.807) is 16.8 Å². The number of halogens is 1. The third-order valence-electron chi connectivity index (χ3n) is 3.62. The van der Waals surface area contributed by atoms with Gasteiger partial charge in [0.05, 0.1) is 11.2 Å². The summed E-state index contributed by atoms with van der Waals surface area (Å²) in [6.07, 6.45) is 0. The highest BCUT2D eigenvalue weighted by Gasteiger charge is 2.17. The van der Waals surface area contributed by atoms with E-state index >= 15 is 0 Å². The fourth-order valence-corrected chi connectivity index (χ4v) is 2.94. The number of hydrogen-bond donors (Lipinski definition) is 1. The molecule has 2 heterocycles. The van der Waals surface area contributed by atoms with Crippen molar-refractivity contribution < 1.29 is 14.3 Å². The van der Waals surface area contributed by atoms with Gasteiger partial charge in [0.25, 0.3) is 0 Å². The number of carbonyl (C=O) groups is 1. The van der Waals surface area contributed by atoms with E-state index in [0.717, 1.165) is 15.5 Å². The molecule has 3 aromatic rings. The minimum Gasteiger partial charge on any atom is -0.486 e. The van der Waals surface area contributed by atoms with Crippen LogP contribution in [0.3, 0.4) is 0 Å². The van der Waals surface area contributed by atoms with E-state index in [9.17, 15) is 4.79 Å². The van der Waals surface area contributed by atoms with Crippen LogP contribution in [-0.4, -0.2) is 34.1 Å². The Hall–Kier alpha value is -2.61. The summed E-state index contributed by atoms with van der Waals surface area (Å²) in [5.74, 6) is 1.07. The Kier molecular flexibility index (Phi) is 3.81. The van der Waals surface area contributed by atoms with Crippen LogP contribution >= 0.6 is 15.9 Å². The van der Waals surface area contributed by atoms with Crippen LogP contribution in [0.25, 0.3) is 11.0 Å². The lowest BCUT2D eigenvalue weighted by molar-refractivity contribution is -0.116. The monoisotopic (exact) mass is 388 g/mol. The summed E-state index contributed by atoms with van der Waals surface area (Å²) < 4.78 is 13.3. The van der Waals surface area contributed by atoms with Crippen molar-refractivity contribution >= 4 is 38.6 Å². The van der Waals surface area contributed by atoms with Crippen LogP contribution in [-0.2, 0) is 11.3 Å². The number of benzene rings is 2. The van der Waals surface area contributed by atoms with Crippen LogP contribution in [0.4, 0.5) is 5.69 Å². The summed E-state index contributed by atoms with van der Waals surface area (Å²) in [5, 5.41) is 10.9. The maximum absolute atomic E-state index is 12.4. The number of hydrogen-bond acceptors (Lipinski definition) is 5. The minimum atomic E-state index is -0.206. The standard InChI is InChI=1S/C16H13BrN4O3/c17-10-7-14-15(24-6-5-23-14)8-12(10)18-16(22)9-21-13-4-2-1-3-11(13)19-20-21/h1-4,7-8H,5-6,9H2,(H,18,22). The lowest BCUT2D eigenvalue weighted by Gasteiger charge is -2.20. The van der Waals surface area contributed by atoms with Crippen LogP contribution in [0.5, 0.6) is 11.5 Å². The Morgan fingerprint density at radius 2 is 1.96 bits per heavy atom. The van der Waals surface area contributed by atoms with Gasteiger partial charge in [0.2, 0.25) is 5.91 Å². The molecule has 1 aromatic heterocycles. The molecule has 1 aliphatic rings. The number of ether oxygens (including phenoxy) is 2. The SMILES string of the molecule is O=C(Cn1nnc2ccccc21)Nc1cc2c(cc1Br)OCCO2. The van der Waals surface area contributed by atoms with Crippen LogP contribution < -0.4 is 14.8 Å². The van der Waals surface area contributed by atoms with Crippen molar-refractivity contribution in [3.63, 3.8) is 0 Å². The van der Waals surface area contributed by atoms with Gasteiger partial charge in [0, 0.05) is 16.6 Å². The Labute approximate surface area is 145 Å². The maximum Gasteiger partial charge on any atom is 0.246 e. The average Bonchev–Trinajstić information content (AvgIpc) is 2.99. The topological polar surface area (TPSA) is 78.3 Å². The molecule has 1 N–H and O–H groups in total. The molecule has 8 heteroatoms. The predicted molar refractivity (Wildman–Crippen MR) is 91.3 cm³/mol. The van der Waals surface area contributed by atoms with E-state index in [4.69, 9.17) is 9.47 Å². The second-order valence-electron chi connectivity index (χ2n) is 5.26. The van der Waals surface area contributed by atoms with Gasteiger partial charge in [-0.3, -0.25) is 4.79 Å². The molecule has 0 unspecified atom stereocenters. The van der Waals surface area contributed by atoms with E-state index in [2.05, 4.69) is 31.6 Å². The van der Waals surface area contributed by atoms with E-state index < -0.39 is 0 Å². The van der Waals surface area contributed by atoms with Gasteiger partial charge < -0.3 is 14.8 Å². The molecule has 0 saturated carbocycles. The molecule has 1 amide bonds. The van der Waals surface area contributed by atoms with E-state index in [1.807, 2.05) is 24.3 Å². The molecule has 0 fully saturated rings. The van der Waals surface area contributed by atoms with E-state index in [0.29, 0.717) is 30.4 Å². The first-order valence-corrected chi connectivity index (χ1v) is 8.17. The van der Waals surface area contributed by atoms with Gasteiger partial charge >= 0.3 is 0 Å². The summed E-state index contributed by atoms with van der Waals surface area (Å²) in [6, 6.07) is 11.0. The molecular weight excluding hydrogens is 376 g/mol. The number of fused-ring (bicyclic) bond motifs is 2. The summed E-state index contributed by atoms with van der Waals surface area (Å²) in [6.45, 7) is 1.08. The van der Waals surface area contributed by atoms with Crippen LogP contribution in [0.15, 0.2) is 40.9 Å². The summed E-state index contributed by atoms with van der Waals surface area (Å²) >= 11 is 3.44. The third kappa shape index (κ3) is 2.80. The second-order valence-corrected chi connectivity index (χ2v) is 6.11. The predicted octanol–water partition coefficient (Wildman–Crippen LogP) is 2.60. The molecule has 0 atom stereocenters. The molecule has 122 valence electrons. The number of carbonyl (C=O) groups excluding carboxylic acids is 1. The van der Waals surface area contributed by atoms with Crippen LogP contribution in [0.2, 0.25) is 0 Å². The minimum absolute atomic E-state index is 0.0708. The molecule has 4 rings (SSSR count). The molecule has 0 spiro atoms. The van der Waals surface area contributed by atoms with Gasteiger partial charge in [0.15, 0.2) is 11.5 Å². The normalized spacial score (nSPS) is 13.0. The number of nitrogens with zero attached hydrogens (tertiary/aromatic N) is 3. The first kappa shape index (κ1) is 14.9. The van der Waals surface area contributed by atoms with E-state index in [1.165, 1.54) is 0 Å². The molecule has 24 heavy (non-hydrogen) atoms. The lowest BCUT2D eigenvalue weighted by Crippen LogP contribution is -2.20. The van der Waals surface area contributed by atoms with Crippen molar-refractivity contribution in [2.45, 2.75) is 6.54 Å². The highest BCUT2D eigenvalue weighted by Crippen LogP contribution is 2.38. The largest absolute Gasteiger partial charge is 0.486 e. The van der Waals surface area contributed by atoms with Crippen molar-refractivity contribution in [1.82, 2.24) is 15.0 Å². The number of aromatic nitrogens is 3. The molecular formula is C16H13BrN4O3. The van der Waals surface area contributed by atoms with Crippen molar-refractivity contribution in [3.05, 3.63) is 40.9 Å². The van der Waals surface area contributed by atoms with Crippen LogP contribution in [0.1, 0.15) is 0 Å². The molecule has 2 aromatic carbocycles. The van der Waals surface area contributed by atoms with Crippen molar-refractivity contribution in [1.29, 1.82) is 0 Å². The zero-order valence-electron chi connectivity index (χ0n) is 12.5. The Morgan fingerprint density at radius 3 is 2.79 bits per heavy atom. The number of para-hydroxylation sites is 1. The fourth-order valence-electron chi connectivity index (χ4n) is 2.52. The zero-order chi connectivity index (χ0) is 16.5. The smallest absolute Gasteiger partial charge is 0.246 e. The molecule has 0 bridgehead atoms. The molecule has 0 radical (unpaired) electrons. The fraction of sp³-hybridized carbons (Fsp3) is 0.188. The van der Waals surface area contributed by atoms with Gasteiger partial charge in [-0.1, -0.05) is 17.3 Å². The highest BCUT2D eigenvalue weighted by atomic mass is 79.9. The average molecular weight is 389 g/mol. The van der Waals surface area contributed by atoms with Crippen molar-refractivity contribution in [3.8, 4) is 11.5 Å². The third-order valence-corrected chi connectivity index (χ3v) is 4.28. The second kappa shape index (κ2) is 6.12. The Bertz CT molecular complexity index is 925. The van der Waals surface area contributed by atoms with Gasteiger partial charge in [-0.25, -0.2) is 4.68 Å². The van der Waals surface area contributed by atoms with Crippen LogP contribution in [0, 0.1) is 0 Å². The summed E-state index contributed by atoms with van der Waals surface area (Å²) in [5.41, 5.74) is 2.19. The lowest BCUT2D eigenvalue weighted by atomic mass is 10.2.